The first-order valence-electron chi connectivity index (χ1n) is 11.3. The highest BCUT2D eigenvalue weighted by molar-refractivity contribution is 6.35. The molecule has 1 spiro atoms. The lowest BCUT2D eigenvalue weighted by Crippen LogP contribution is -2.53. The van der Waals surface area contributed by atoms with Crippen molar-refractivity contribution in [2.75, 3.05) is 25.2 Å². The van der Waals surface area contributed by atoms with E-state index < -0.39 is 11.6 Å². The van der Waals surface area contributed by atoms with Crippen LogP contribution in [0.3, 0.4) is 0 Å². The summed E-state index contributed by atoms with van der Waals surface area (Å²) >= 11 is 12.7. The summed E-state index contributed by atoms with van der Waals surface area (Å²) in [6, 6.07) is 20.3. The third-order valence-electron chi connectivity index (χ3n) is 6.37. The predicted octanol–water partition coefficient (Wildman–Crippen LogP) is 5.23. The van der Waals surface area contributed by atoms with Gasteiger partial charge in [-0.1, -0.05) is 47.5 Å². The monoisotopic (exact) mass is 510 g/mol. The first kappa shape index (κ1) is 23.7. The van der Waals surface area contributed by atoms with Gasteiger partial charge in [0.2, 0.25) is 5.90 Å². The number of aliphatic hydroxyl groups is 1. The molecule has 0 fully saturated rings. The van der Waals surface area contributed by atoms with Crippen LogP contribution < -0.4 is 9.64 Å². The lowest BCUT2D eigenvalue weighted by Gasteiger charge is -2.39. The van der Waals surface area contributed by atoms with Gasteiger partial charge < -0.3 is 19.5 Å². The summed E-state index contributed by atoms with van der Waals surface area (Å²) in [5.41, 5.74) is 2.02. The Hall–Kier alpha value is -3.06. The summed E-state index contributed by atoms with van der Waals surface area (Å²) in [4.78, 5) is 20.5. The molecule has 3 aromatic rings. The molecule has 0 saturated carbocycles. The molecule has 1 N–H and O–H groups in total. The number of para-hydroxylation sites is 1. The van der Waals surface area contributed by atoms with E-state index in [4.69, 9.17) is 42.8 Å². The second-order valence-corrected chi connectivity index (χ2v) is 9.47. The van der Waals surface area contributed by atoms with Gasteiger partial charge in [0.1, 0.15) is 5.75 Å². The van der Waals surface area contributed by atoms with Gasteiger partial charge in [-0.05, 0) is 48.0 Å². The minimum atomic E-state index is -1.22. The average molecular weight is 511 g/mol. The quantitative estimate of drug-likeness (QED) is 0.460. The Kier molecular flexibility index (Phi) is 6.45. The van der Waals surface area contributed by atoms with Crippen LogP contribution in [0.2, 0.25) is 10.0 Å². The molecule has 0 unspecified atom stereocenters. The minimum Gasteiger partial charge on any atom is -0.494 e. The first-order valence-corrected chi connectivity index (χ1v) is 12.1. The maximum atomic E-state index is 13.9. The van der Waals surface area contributed by atoms with E-state index in [1.807, 2.05) is 48.5 Å². The number of amides is 1. The number of hydrogen-bond donors (Lipinski definition) is 1. The van der Waals surface area contributed by atoms with Crippen molar-refractivity contribution in [3.05, 3.63) is 93.5 Å². The zero-order valence-corrected chi connectivity index (χ0v) is 20.6. The summed E-state index contributed by atoms with van der Waals surface area (Å²) in [6.07, 6.45) is 0.203. The molecule has 35 heavy (non-hydrogen) atoms. The summed E-state index contributed by atoms with van der Waals surface area (Å²) < 4.78 is 12.1. The van der Waals surface area contributed by atoms with Crippen LogP contribution in [-0.4, -0.2) is 42.7 Å². The number of anilines is 1. The smallest absolute Gasteiger partial charge is 0.259 e. The molecule has 0 radical (unpaired) electrons. The predicted molar refractivity (Wildman–Crippen MR) is 137 cm³/mol. The van der Waals surface area contributed by atoms with Crippen LogP contribution in [0.1, 0.15) is 29.2 Å². The van der Waals surface area contributed by atoms with Gasteiger partial charge >= 0.3 is 0 Å². The van der Waals surface area contributed by atoms with E-state index in [0.29, 0.717) is 46.7 Å². The molecule has 6 nitrogen and oxygen atoms in total. The fraction of sp³-hybridized carbons (Fsp3) is 0.259. The Balaban J connectivity index is 1.57. The van der Waals surface area contributed by atoms with Crippen LogP contribution in [0.15, 0.2) is 71.7 Å². The lowest BCUT2D eigenvalue weighted by atomic mass is 9.78. The number of aliphatic imine (C=N–C) groups is 1. The minimum absolute atomic E-state index is 0.0745. The van der Waals surface area contributed by atoms with Crippen LogP contribution in [0.5, 0.6) is 5.75 Å². The number of benzene rings is 3. The standard InChI is InChI=1S/C27H24Cl2N2O4/c1-31-23-6-3-2-5-18(23)16-27(26(31)33)24(21-12-9-19(28)15-22(21)29)35-25(30-27)17-7-10-20(11-8-17)34-14-4-13-32/h2-3,5-12,15,24,32H,4,13-14,16H2,1H3/t24-,27-/m1/s1. The number of likely N-dealkylation sites (N-methyl/N-ethyl adjacent to an activating group) is 1. The summed E-state index contributed by atoms with van der Waals surface area (Å²) in [7, 11) is 1.76. The van der Waals surface area contributed by atoms with Crippen LogP contribution in [-0.2, 0) is 16.0 Å². The molecule has 2 atom stereocenters. The topological polar surface area (TPSA) is 71.4 Å². The molecule has 1 amide bonds. The summed E-state index contributed by atoms with van der Waals surface area (Å²) in [6.45, 7) is 0.499. The molecule has 8 heteroatoms. The van der Waals surface area contributed by atoms with E-state index in [1.165, 1.54) is 0 Å². The second-order valence-electron chi connectivity index (χ2n) is 8.62. The highest BCUT2D eigenvalue weighted by atomic mass is 35.5. The number of aliphatic hydroxyl groups excluding tert-OH is 1. The van der Waals surface area contributed by atoms with Gasteiger partial charge in [-0.3, -0.25) is 4.79 Å². The van der Waals surface area contributed by atoms with Gasteiger partial charge in [-0.15, -0.1) is 0 Å². The number of rotatable bonds is 6. The molecule has 0 aliphatic carbocycles. The van der Waals surface area contributed by atoms with Crippen molar-refractivity contribution in [2.24, 2.45) is 4.99 Å². The van der Waals surface area contributed by atoms with Crippen molar-refractivity contribution in [3.63, 3.8) is 0 Å². The Morgan fingerprint density at radius 1 is 1.14 bits per heavy atom. The Morgan fingerprint density at radius 3 is 2.66 bits per heavy atom. The fourth-order valence-electron chi connectivity index (χ4n) is 4.64. The number of ether oxygens (including phenoxy) is 2. The van der Waals surface area contributed by atoms with Gasteiger partial charge in [0.15, 0.2) is 11.6 Å². The zero-order valence-electron chi connectivity index (χ0n) is 19.1. The van der Waals surface area contributed by atoms with Crippen molar-refractivity contribution in [2.45, 2.75) is 24.5 Å². The van der Waals surface area contributed by atoms with Gasteiger partial charge in [-0.25, -0.2) is 4.99 Å². The third kappa shape index (κ3) is 4.27. The van der Waals surface area contributed by atoms with Crippen molar-refractivity contribution in [1.29, 1.82) is 0 Å². The second kappa shape index (κ2) is 9.53. The molecule has 5 rings (SSSR count). The molecule has 0 bridgehead atoms. The van der Waals surface area contributed by atoms with Crippen molar-refractivity contribution >= 4 is 40.7 Å². The van der Waals surface area contributed by atoms with E-state index in [0.717, 1.165) is 16.8 Å². The molecule has 0 aromatic heterocycles. The SMILES string of the molecule is CN1C(=O)[C@]2(Cc3ccccc31)N=C(c1ccc(OCCCO)cc1)O[C@@H]2c1ccc(Cl)cc1Cl. The number of hydrogen-bond acceptors (Lipinski definition) is 5. The molecule has 0 saturated heterocycles. The maximum Gasteiger partial charge on any atom is 0.259 e. The molecule has 2 aliphatic heterocycles. The average Bonchev–Trinajstić information content (AvgIpc) is 3.23. The fourth-order valence-corrected chi connectivity index (χ4v) is 5.14. The van der Waals surface area contributed by atoms with E-state index in [-0.39, 0.29) is 12.5 Å². The summed E-state index contributed by atoms with van der Waals surface area (Å²) in [5.74, 6) is 0.880. The highest BCUT2D eigenvalue weighted by Crippen LogP contribution is 2.48. The maximum absolute atomic E-state index is 13.9. The molecular formula is C27H24Cl2N2O4. The molecule has 3 aromatic carbocycles. The van der Waals surface area contributed by atoms with Gasteiger partial charge in [0, 0.05) is 53.4 Å². The molecule has 180 valence electrons. The number of halogens is 2. The highest BCUT2D eigenvalue weighted by Gasteiger charge is 2.57. The largest absolute Gasteiger partial charge is 0.494 e. The molecule has 2 aliphatic rings. The molecular weight excluding hydrogens is 487 g/mol. The first-order chi connectivity index (χ1) is 16.9. The van der Waals surface area contributed by atoms with E-state index in [1.54, 1.807) is 30.1 Å². The Labute approximate surface area is 213 Å². The van der Waals surface area contributed by atoms with Gasteiger partial charge in [-0.2, -0.15) is 0 Å². The van der Waals surface area contributed by atoms with Crippen LogP contribution in [0.4, 0.5) is 5.69 Å². The van der Waals surface area contributed by atoms with Gasteiger partial charge in [0.25, 0.3) is 5.91 Å². The Morgan fingerprint density at radius 2 is 1.91 bits per heavy atom. The molecule has 2 heterocycles. The number of carbonyl (C=O) groups is 1. The van der Waals surface area contributed by atoms with Crippen molar-refractivity contribution < 1.29 is 19.4 Å². The van der Waals surface area contributed by atoms with E-state index in [2.05, 4.69) is 0 Å². The number of fused-ring (bicyclic) bond motifs is 1. The van der Waals surface area contributed by atoms with Crippen LogP contribution in [0.25, 0.3) is 0 Å². The van der Waals surface area contributed by atoms with E-state index in [9.17, 15) is 4.79 Å². The van der Waals surface area contributed by atoms with Gasteiger partial charge in [0.05, 0.1) is 6.61 Å². The van der Waals surface area contributed by atoms with Crippen LogP contribution >= 0.6 is 23.2 Å². The number of carbonyl (C=O) groups excluding carboxylic acids is 1. The summed E-state index contributed by atoms with van der Waals surface area (Å²) in [5, 5.41) is 9.87. The Bertz CT molecular complexity index is 1290. The third-order valence-corrected chi connectivity index (χ3v) is 6.93. The van der Waals surface area contributed by atoms with Crippen LogP contribution in [0, 0.1) is 0 Å². The normalized spacial score (nSPS) is 21.0. The zero-order chi connectivity index (χ0) is 24.6. The van der Waals surface area contributed by atoms with Crippen molar-refractivity contribution in [1.82, 2.24) is 0 Å². The lowest BCUT2D eigenvalue weighted by molar-refractivity contribution is -0.126. The number of nitrogens with zero attached hydrogens (tertiary/aromatic N) is 2. The van der Waals surface area contributed by atoms with E-state index >= 15 is 0 Å². The van der Waals surface area contributed by atoms with Crippen molar-refractivity contribution in [3.8, 4) is 5.75 Å².